The van der Waals surface area contributed by atoms with Gasteiger partial charge in [0, 0.05) is 19.4 Å². The fourth-order valence-electron chi connectivity index (χ4n) is 2.75. The zero-order valence-electron chi connectivity index (χ0n) is 12.0. The van der Waals surface area contributed by atoms with Gasteiger partial charge in [0.25, 0.3) is 0 Å². The zero-order chi connectivity index (χ0) is 12.8. The molecule has 1 aliphatic rings. The van der Waals surface area contributed by atoms with Gasteiger partial charge in [0.2, 0.25) is 0 Å². The van der Waals surface area contributed by atoms with Crippen LogP contribution < -0.4 is 0 Å². The zero-order valence-corrected chi connectivity index (χ0v) is 12.0. The number of hydrogen-bond acceptors (Lipinski definition) is 2. The van der Waals surface area contributed by atoms with Crippen LogP contribution in [0.1, 0.15) is 53.4 Å². The number of Topliss-reactive ketones (excluding diaryl/α,β-unsaturated/α-hetero) is 1. The largest absolute Gasteiger partial charge is 0.303 e. The van der Waals surface area contributed by atoms with Crippen LogP contribution in [-0.2, 0) is 4.79 Å². The first-order valence-corrected chi connectivity index (χ1v) is 7.21. The molecule has 0 aromatic rings. The van der Waals surface area contributed by atoms with Gasteiger partial charge in [0.05, 0.1) is 0 Å². The molecule has 2 nitrogen and oxygen atoms in total. The molecule has 2 heteroatoms. The molecule has 0 aliphatic carbocycles. The van der Waals surface area contributed by atoms with Gasteiger partial charge in [0.15, 0.2) is 0 Å². The Labute approximate surface area is 107 Å². The fraction of sp³-hybridized carbons (Fsp3) is 0.933. The van der Waals surface area contributed by atoms with E-state index in [1.54, 1.807) is 0 Å². The lowest BCUT2D eigenvalue weighted by atomic mass is 9.89. The topological polar surface area (TPSA) is 20.3 Å². The van der Waals surface area contributed by atoms with E-state index in [0.29, 0.717) is 17.6 Å². The van der Waals surface area contributed by atoms with Gasteiger partial charge in [-0.2, -0.15) is 0 Å². The van der Waals surface area contributed by atoms with Crippen molar-refractivity contribution in [2.24, 2.45) is 17.8 Å². The minimum absolute atomic E-state index is 0.474. The molecule has 100 valence electrons. The summed E-state index contributed by atoms with van der Waals surface area (Å²) in [4.78, 5) is 14.3. The third kappa shape index (κ3) is 6.21. The van der Waals surface area contributed by atoms with Crippen molar-refractivity contribution in [1.82, 2.24) is 4.90 Å². The van der Waals surface area contributed by atoms with Crippen LogP contribution in [0.25, 0.3) is 0 Å². The SMILES string of the molecule is CC(C)CC(=O)CC1CCN(CC(C)C)CC1. The molecular weight excluding hydrogens is 210 g/mol. The third-order valence-corrected chi connectivity index (χ3v) is 3.48. The molecule has 1 fully saturated rings. The van der Waals surface area contributed by atoms with Crippen molar-refractivity contribution >= 4 is 5.78 Å². The highest BCUT2D eigenvalue weighted by Gasteiger charge is 2.21. The highest BCUT2D eigenvalue weighted by atomic mass is 16.1. The fourth-order valence-corrected chi connectivity index (χ4v) is 2.75. The van der Waals surface area contributed by atoms with E-state index in [1.165, 1.54) is 32.5 Å². The maximum atomic E-state index is 11.8. The van der Waals surface area contributed by atoms with Gasteiger partial charge < -0.3 is 4.90 Å². The van der Waals surface area contributed by atoms with Gasteiger partial charge in [-0.25, -0.2) is 0 Å². The van der Waals surface area contributed by atoms with Gasteiger partial charge in [0.1, 0.15) is 5.78 Å². The number of carbonyl (C=O) groups is 1. The lowest BCUT2D eigenvalue weighted by molar-refractivity contribution is -0.121. The molecule has 0 unspecified atom stereocenters. The lowest BCUT2D eigenvalue weighted by Crippen LogP contribution is -2.36. The molecule has 17 heavy (non-hydrogen) atoms. The first-order valence-electron chi connectivity index (χ1n) is 7.21. The Bertz CT molecular complexity index is 227. The summed E-state index contributed by atoms with van der Waals surface area (Å²) in [6, 6.07) is 0. The summed E-state index contributed by atoms with van der Waals surface area (Å²) in [5.41, 5.74) is 0. The Morgan fingerprint density at radius 2 is 1.71 bits per heavy atom. The van der Waals surface area contributed by atoms with Crippen molar-refractivity contribution in [1.29, 1.82) is 0 Å². The quantitative estimate of drug-likeness (QED) is 0.708. The predicted octanol–water partition coefficient (Wildman–Crippen LogP) is 3.36. The van der Waals surface area contributed by atoms with Crippen LogP contribution in [0.15, 0.2) is 0 Å². The molecular formula is C15H29NO. The molecule has 0 aromatic heterocycles. The van der Waals surface area contributed by atoms with Crippen LogP contribution in [0, 0.1) is 17.8 Å². The van der Waals surface area contributed by atoms with Crippen LogP contribution in [0.3, 0.4) is 0 Å². The number of likely N-dealkylation sites (tertiary alicyclic amines) is 1. The molecule has 0 spiro atoms. The molecule has 0 N–H and O–H groups in total. The van der Waals surface area contributed by atoms with Gasteiger partial charge in [-0.15, -0.1) is 0 Å². The average molecular weight is 239 g/mol. The smallest absolute Gasteiger partial charge is 0.133 e. The molecule has 1 saturated heterocycles. The van der Waals surface area contributed by atoms with E-state index in [4.69, 9.17) is 0 Å². The molecule has 1 aliphatic heterocycles. The highest BCUT2D eigenvalue weighted by Crippen LogP contribution is 2.22. The van der Waals surface area contributed by atoms with Gasteiger partial charge >= 0.3 is 0 Å². The Hall–Kier alpha value is -0.370. The van der Waals surface area contributed by atoms with E-state index >= 15 is 0 Å². The van der Waals surface area contributed by atoms with Crippen molar-refractivity contribution in [3.8, 4) is 0 Å². The van der Waals surface area contributed by atoms with Crippen molar-refractivity contribution in [3.05, 3.63) is 0 Å². The predicted molar refractivity (Wildman–Crippen MR) is 73.1 cm³/mol. The number of piperidine rings is 1. The molecule has 0 aromatic carbocycles. The van der Waals surface area contributed by atoms with Crippen LogP contribution in [0.2, 0.25) is 0 Å². The van der Waals surface area contributed by atoms with Crippen LogP contribution >= 0.6 is 0 Å². The van der Waals surface area contributed by atoms with Crippen LogP contribution in [-0.4, -0.2) is 30.3 Å². The molecule has 1 rings (SSSR count). The average Bonchev–Trinajstić information content (AvgIpc) is 2.18. The Morgan fingerprint density at radius 3 is 2.18 bits per heavy atom. The second kappa shape index (κ2) is 7.15. The molecule has 0 atom stereocenters. The van der Waals surface area contributed by atoms with E-state index in [2.05, 4.69) is 32.6 Å². The first kappa shape index (κ1) is 14.7. The summed E-state index contributed by atoms with van der Waals surface area (Å²) in [5.74, 6) is 2.41. The second-order valence-electron chi connectivity index (χ2n) is 6.48. The molecule has 0 radical (unpaired) electrons. The Morgan fingerprint density at radius 1 is 1.12 bits per heavy atom. The lowest BCUT2D eigenvalue weighted by Gasteiger charge is -2.32. The summed E-state index contributed by atoms with van der Waals surface area (Å²) in [7, 11) is 0. The van der Waals surface area contributed by atoms with Crippen molar-refractivity contribution in [3.63, 3.8) is 0 Å². The number of rotatable bonds is 6. The maximum absolute atomic E-state index is 11.8. The Kier molecular flexibility index (Phi) is 6.18. The standard InChI is InChI=1S/C15H29NO/c1-12(2)9-15(17)10-14-5-7-16(8-6-14)11-13(3)4/h12-14H,5-11H2,1-4H3. The second-order valence-corrected chi connectivity index (χ2v) is 6.48. The molecule has 0 bridgehead atoms. The van der Waals surface area contributed by atoms with Gasteiger partial charge in [-0.05, 0) is 43.7 Å². The van der Waals surface area contributed by atoms with E-state index in [-0.39, 0.29) is 0 Å². The van der Waals surface area contributed by atoms with Crippen LogP contribution in [0.4, 0.5) is 0 Å². The molecule has 0 amide bonds. The van der Waals surface area contributed by atoms with Gasteiger partial charge in [-0.3, -0.25) is 4.79 Å². The van der Waals surface area contributed by atoms with E-state index in [0.717, 1.165) is 18.8 Å². The maximum Gasteiger partial charge on any atom is 0.133 e. The van der Waals surface area contributed by atoms with Crippen molar-refractivity contribution in [2.45, 2.75) is 53.4 Å². The summed E-state index contributed by atoms with van der Waals surface area (Å²) in [5, 5.41) is 0. The number of carbonyl (C=O) groups excluding carboxylic acids is 1. The number of ketones is 1. The highest BCUT2D eigenvalue weighted by molar-refractivity contribution is 5.78. The number of nitrogens with zero attached hydrogens (tertiary/aromatic N) is 1. The number of hydrogen-bond donors (Lipinski definition) is 0. The van der Waals surface area contributed by atoms with Crippen molar-refractivity contribution < 1.29 is 4.79 Å². The molecule has 0 saturated carbocycles. The molecule has 1 heterocycles. The summed E-state index contributed by atoms with van der Waals surface area (Å²) in [6.45, 7) is 12.4. The van der Waals surface area contributed by atoms with Crippen LogP contribution in [0.5, 0.6) is 0 Å². The summed E-state index contributed by atoms with van der Waals surface area (Å²) >= 11 is 0. The van der Waals surface area contributed by atoms with E-state index < -0.39 is 0 Å². The minimum Gasteiger partial charge on any atom is -0.303 e. The minimum atomic E-state index is 0.474. The summed E-state index contributed by atoms with van der Waals surface area (Å²) < 4.78 is 0. The normalized spacial score (nSPS) is 19.2. The summed E-state index contributed by atoms with van der Waals surface area (Å²) in [6.07, 6.45) is 4.03. The monoisotopic (exact) mass is 239 g/mol. The van der Waals surface area contributed by atoms with Gasteiger partial charge in [-0.1, -0.05) is 27.7 Å². The Balaban J connectivity index is 2.20. The first-order chi connectivity index (χ1) is 7.97. The van der Waals surface area contributed by atoms with E-state index in [1.807, 2.05) is 0 Å². The third-order valence-electron chi connectivity index (χ3n) is 3.48. The van der Waals surface area contributed by atoms with Crippen molar-refractivity contribution in [2.75, 3.05) is 19.6 Å². The van der Waals surface area contributed by atoms with E-state index in [9.17, 15) is 4.79 Å².